The van der Waals surface area contributed by atoms with Crippen molar-refractivity contribution in [3.63, 3.8) is 0 Å². The lowest BCUT2D eigenvalue weighted by Crippen LogP contribution is -2.30. The summed E-state index contributed by atoms with van der Waals surface area (Å²) in [6.07, 6.45) is 1.56. The molecule has 0 saturated carbocycles. The van der Waals surface area contributed by atoms with Crippen molar-refractivity contribution < 1.29 is 13.2 Å². The van der Waals surface area contributed by atoms with Crippen LogP contribution in [0.4, 0.5) is 15.9 Å². The zero-order chi connectivity index (χ0) is 17.1. The van der Waals surface area contributed by atoms with Gasteiger partial charge in [-0.3, -0.25) is 4.21 Å². The first-order chi connectivity index (χ1) is 11.5. The van der Waals surface area contributed by atoms with Crippen molar-refractivity contribution in [1.29, 1.82) is 0 Å². The summed E-state index contributed by atoms with van der Waals surface area (Å²) in [4.78, 5) is 4.22. The fourth-order valence-electron chi connectivity index (χ4n) is 2.33. The molecule has 7 nitrogen and oxygen atoms in total. The summed E-state index contributed by atoms with van der Waals surface area (Å²) in [5, 5.41) is 10.8. The van der Waals surface area contributed by atoms with Crippen LogP contribution in [0.2, 0.25) is 0 Å². The summed E-state index contributed by atoms with van der Waals surface area (Å²) < 4.78 is 29.7. The standard InChI is InChI=1S/C14H15BrFN5O2S/c15-10-7-9(1-2-11(10)16)18-13(17)12-14(21-23-20-12)19-8-3-5-24(22)6-4-8/h1-2,7-8H,3-6H2,(H2,17,18)(H,19,21). The summed E-state index contributed by atoms with van der Waals surface area (Å²) in [7, 11) is -0.737. The second-order valence-corrected chi connectivity index (χ2v) is 7.87. The van der Waals surface area contributed by atoms with Gasteiger partial charge < -0.3 is 11.1 Å². The lowest BCUT2D eigenvalue weighted by atomic mass is 10.1. The van der Waals surface area contributed by atoms with Gasteiger partial charge >= 0.3 is 0 Å². The van der Waals surface area contributed by atoms with Crippen LogP contribution in [0, 0.1) is 5.82 Å². The molecule has 24 heavy (non-hydrogen) atoms. The molecule has 0 unspecified atom stereocenters. The van der Waals surface area contributed by atoms with E-state index in [1.54, 1.807) is 0 Å². The van der Waals surface area contributed by atoms with Crippen LogP contribution in [0.5, 0.6) is 0 Å². The van der Waals surface area contributed by atoms with Gasteiger partial charge in [0.05, 0.1) is 10.2 Å². The van der Waals surface area contributed by atoms with Gasteiger partial charge in [0.25, 0.3) is 0 Å². The van der Waals surface area contributed by atoms with Gasteiger partial charge in [-0.1, -0.05) is 0 Å². The highest BCUT2D eigenvalue weighted by atomic mass is 79.9. The van der Waals surface area contributed by atoms with Crippen LogP contribution in [-0.2, 0) is 10.8 Å². The largest absolute Gasteiger partial charge is 0.382 e. The molecule has 1 aliphatic rings. The third kappa shape index (κ3) is 3.99. The minimum atomic E-state index is -0.737. The average molecular weight is 416 g/mol. The van der Waals surface area contributed by atoms with Gasteiger partial charge in [-0.2, -0.15) is 0 Å². The maximum Gasteiger partial charge on any atom is 0.202 e. The number of nitrogens with two attached hydrogens (primary N) is 1. The summed E-state index contributed by atoms with van der Waals surface area (Å²) in [6.45, 7) is 0. The highest BCUT2D eigenvalue weighted by Crippen LogP contribution is 2.23. The van der Waals surface area contributed by atoms with E-state index in [9.17, 15) is 8.60 Å². The van der Waals surface area contributed by atoms with Gasteiger partial charge in [0.2, 0.25) is 5.82 Å². The van der Waals surface area contributed by atoms with E-state index in [2.05, 4.69) is 36.6 Å². The van der Waals surface area contributed by atoms with Crippen molar-refractivity contribution >= 4 is 44.1 Å². The highest BCUT2D eigenvalue weighted by Gasteiger charge is 2.22. The van der Waals surface area contributed by atoms with Crippen LogP contribution in [0.25, 0.3) is 0 Å². The topological polar surface area (TPSA) is 106 Å². The Kier molecular flexibility index (Phi) is 5.24. The number of benzene rings is 1. The first-order valence-electron chi connectivity index (χ1n) is 7.26. The maximum atomic E-state index is 13.3. The molecule has 10 heteroatoms. The quantitative estimate of drug-likeness (QED) is 0.586. The van der Waals surface area contributed by atoms with Crippen LogP contribution < -0.4 is 11.1 Å². The summed E-state index contributed by atoms with van der Waals surface area (Å²) in [6, 6.07) is 4.45. The fourth-order valence-corrected chi connectivity index (χ4v) is 4.00. The van der Waals surface area contributed by atoms with Crippen LogP contribution in [-0.4, -0.2) is 37.9 Å². The fraction of sp³-hybridized carbons (Fsp3) is 0.357. The second kappa shape index (κ2) is 7.39. The van der Waals surface area contributed by atoms with Crippen LogP contribution in [0.1, 0.15) is 18.5 Å². The molecule has 3 N–H and O–H groups in total. The Bertz CT molecular complexity index is 787. The van der Waals surface area contributed by atoms with Gasteiger partial charge in [-0.15, -0.1) is 0 Å². The molecule has 1 saturated heterocycles. The Balaban J connectivity index is 1.77. The van der Waals surface area contributed by atoms with Gasteiger partial charge in [0.15, 0.2) is 11.5 Å². The molecule has 0 spiro atoms. The van der Waals surface area contributed by atoms with E-state index in [1.807, 2.05) is 0 Å². The van der Waals surface area contributed by atoms with Gasteiger partial charge in [-0.25, -0.2) is 14.0 Å². The molecule has 0 radical (unpaired) electrons. The van der Waals surface area contributed by atoms with Crippen molar-refractivity contribution in [2.24, 2.45) is 10.7 Å². The van der Waals surface area contributed by atoms with E-state index < -0.39 is 10.8 Å². The molecule has 3 rings (SSSR count). The lowest BCUT2D eigenvalue weighted by molar-refractivity contribution is 0.307. The van der Waals surface area contributed by atoms with Crippen molar-refractivity contribution in [1.82, 2.24) is 10.3 Å². The van der Waals surface area contributed by atoms with Crippen molar-refractivity contribution in [2.75, 3.05) is 16.8 Å². The first-order valence-corrected chi connectivity index (χ1v) is 9.54. The third-order valence-electron chi connectivity index (χ3n) is 3.61. The van der Waals surface area contributed by atoms with Gasteiger partial charge in [-0.05, 0) is 57.3 Å². The molecular weight excluding hydrogens is 401 g/mol. The highest BCUT2D eigenvalue weighted by molar-refractivity contribution is 9.10. The first kappa shape index (κ1) is 17.0. The maximum absolute atomic E-state index is 13.3. The third-order valence-corrected chi connectivity index (χ3v) is 5.60. The number of nitrogens with one attached hydrogen (secondary N) is 1. The molecule has 0 bridgehead atoms. The molecule has 1 aromatic carbocycles. The van der Waals surface area contributed by atoms with Gasteiger partial charge in [0, 0.05) is 28.3 Å². The molecular formula is C14H15BrFN5O2S. The van der Waals surface area contributed by atoms with Crippen LogP contribution >= 0.6 is 15.9 Å². The number of hydrogen-bond acceptors (Lipinski definition) is 6. The lowest BCUT2D eigenvalue weighted by Gasteiger charge is -2.22. The monoisotopic (exact) mass is 415 g/mol. The Morgan fingerprint density at radius 3 is 2.88 bits per heavy atom. The number of nitrogens with zero attached hydrogens (tertiary/aromatic N) is 3. The van der Waals surface area contributed by atoms with Crippen LogP contribution in [0.3, 0.4) is 0 Å². The Morgan fingerprint density at radius 1 is 1.42 bits per heavy atom. The molecule has 1 fully saturated rings. The number of hydrogen-bond donors (Lipinski definition) is 2. The summed E-state index contributed by atoms with van der Waals surface area (Å²) in [5.41, 5.74) is 6.75. The number of aliphatic imine (C=N–C) groups is 1. The number of aromatic nitrogens is 2. The van der Waals surface area contributed by atoms with Crippen molar-refractivity contribution in [3.8, 4) is 0 Å². The second-order valence-electron chi connectivity index (χ2n) is 5.32. The molecule has 1 aliphatic heterocycles. The number of amidine groups is 1. The zero-order valence-corrected chi connectivity index (χ0v) is 14.9. The van der Waals surface area contributed by atoms with E-state index in [1.165, 1.54) is 18.2 Å². The molecule has 0 aliphatic carbocycles. The Morgan fingerprint density at radius 2 is 2.17 bits per heavy atom. The van der Waals surface area contributed by atoms with Crippen molar-refractivity contribution in [2.45, 2.75) is 18.9 Å². The Hall–Kier alpha value is -1.81. The molecule has 128 valence electrons. The number of halogens is 2. The predicted octanol–water partition coefficient (Wildman–Crippen LogP) is 2.33. The van der Waals surface area contributed by atoms with Crippen LogP contribution in [0.15, 0.2) is 32.3 Å². The minimum Gasteiger partial charge on any atom is -0.382 e. The molecule has 0 amide bonds. The number of anilines is 1. The van der Waals surface area contributed by atoms with Gasteiger partial charge in [0.1, 0.15) is 5.82 Å². The van der Waals surface area contributed by atoms with Crippen molar-refractivity contribution in [3.05, 3.63) is 34.2 Å². The number of rotatable bonds is 4. The normalized spacial score (nSPS) is 21.7. The predicted molar refractivity (Wildman–Crippen MR) is 93.3 cm³/mol. The van der Waals surface area contributed by atoms with E-state index in [-0.39, 0.29) is 17.7 Å². The molecule has 1 aromatic heterocycles. The zero-order valence-electron chi connectivity index (χ0n) is 12.5. The van der Waals surface area contributed by atoms with E-state index >= 15 is 0 Å². The molecule has 2 heterocycles. The average Bonchev–Trinajstić information content (AvgIpc) is 3.01. The van der Waals surface area contributed by atoms with E-state index in [0.717, 1.165) is 12.8 Å². The SMILES string of the molecule is NC(=Nc1ccc(F)c(Br)c1)c1nonc1NC1CCS(=O)CC1. The minimum absolute atomic E-state index is 0.108. The summed E-state index contributed by atoms with van der Waals surface area (Å²) >= 11 is 3.10. The molecule has 0 atom stereocenters. The smallest absolute Gasteiger partial charge is 0.202 e. The summed E-state index contributed by atoms with van der Waals surface area (Å²) in [5.74, 6) is 1.44. The Labute approximate surface area is 148 Å². The molecule has 2 aromatic rings. The van der Waals surface area contributed by atoms with E-state index in [4.69, 9.17) is 10.4 Å². The van der Waals surface area contributed by atoms with E-state index in [0.29, 0.717) is 33.2 Å².